The predicted molar refractivity (Wildman–Crippen MR) is 125 cm³/mol. The van der Waals surface area contributed by atoms with Crippen molar-refractivity contribution in [3.63, 3.8) is 0 Å². The van der Waals surface area contributed by atoms with Crippen molar-refractivity contribution in [1.82, 2.24) is 4.98 Å². The fraction of sp³-hybridized carbons (Fsp3) is 0.0435. The molecule has 1 heterocycles. The summed E-state index contributed by atoms with van der Waals surface area (Å²) in [6.45, 7) is 1.45. The Morgan fingerprint density at radius 1 is 0.839 bits per heavy atom. The highest BCUT2D eigenvalue weighted by molar-refractivity contribution is 7.93. The molecule has 3 aromatic carbocycles. The van der Waals surface area contributed by atoms with Crippen LogP contribution in [-0.4, -0.2) is 19.3 Å². The molecular weight excluding hydrogens is 430 g/mol. The van der Waals surface area contributed by atoms with Crippen LogP contribution in [0.25, 0.3) is 22.4 Å². The quantitative estimate of drug-likeness (QED) is 0.422. The molecule has 1 amide bonds. The molecule has 0 saturated heterocycles. The van der Waals surface area contributed by atoms with E-state index in [1.54, 1.807) is 41.8 Å². The van der Waals surface area contributed by atoms with Gasteiger partial charge in [-0.3, -0.25) is 9.52 Å². The van der Waals surface area contributed by atoms with E-state index in [0.29, 0.717) is 11.4 Å². The predicted octanol–water partition coefficient (Wildman–Crippen LogP) is 5.24. The molecule has 4 rings (SSSR count). The lowest BCUT2D eigenvalue weighted by Crippen LogP contribution is -2.12. The van der Waals surface area contributed by atoms with Crippen molar-refractivity contribution in [1.29, 1.82) is 0 Å². The van der Waals surface area contributed by atoms with E-state index in [4.69, 9.17) is 0 Å². The number of carbonyl (C=O) groups excluding carboxylic acids is 1. The summed E-state index contributed by atoms with van der Waals surface area (Å²) in [7, 11) is -3.75. The molecule has 0 atom stereocenters. The van der Waals surface area contributed by atoms with Crippen molar-refractivity contribution in [3.05, 3.63) is 84.2 Å². The Bertz CT molecular complexity index is 1300. The van der Waals surface area contributed by atoms with Gasteiger partial charge in [-0.1, -0.05) is 54.6 Å². The molecule has 156 valence electrons. The Morgan fingerprint density at radius 3 is 2.10 bits per heavy atom. The highest BCUT2D eigenvalue weighted by Crippen LogP contribution is 2.28. The molecule has 0 aliphatic carbocycles. The number of aromatic nitrogens is 1. The second-order valence-electron chi connectivity index (χ2n) is 6.79. The smallest absolute Gasteiger partial charge is 0.263 e. The summed E-state index contributed by atoms with van der Waals surface area (Å²) in [5.41, 5.74) is 4.12. The summed E-state index contributed by atoms with van der Waals surface area (Å²) in [6, 6.07) is 23.7. The zero-order valence-electron chi connectivity index (χ0n) is 16.6. The first-order valence-electron chi connectivity index (χ1n) is 9.42. The van der Waals surface area contributed by atoms with Gasteiger partial charge in [-0.15, -0.1) is 11.3 Å². The van der Waals surface area contributed by atoms with Crippen LogP contribution in [0.1, 0.15) is 6.92 Å². The summed E-state index contributed by atoms with van der Waals surface area (Å²) < 4.78 is 28.1. The minimum Gasteiger partial charge on any atom is -0.326 e. The number of amides is 1. The lowest BCUT2D eigenvalue weighted by Gasteiger charge is -2.07. The van der Waals surface area contributed by atoms with Gasteiger partial charge < -0.3 is 5.32 Å². The van der Waals surface area contributed by atoms with Gasteiger partial charge in [0.05, 0.1) is 10.6 Å². The number of rotatable bonds is 6. The first-order chi connectivity index (χ1) is 14.9. The normalized spacial score (nSPS) is 11.1. The van der Waals surface area contributed by atoms with Gasteiger partial charge >= 0.3 is 0 Å². The summed E-state index contributed by atoms with van der Waals surface area (Å²) in [6.07, 6.45) is 0. The highest BCUT2D eigenvalue weighted by Gasteiger charge is 2.17. The van der Waals surface area contributed by atoms with Crippen LogP contribution in [0.15, 0.2) is 89.1 Å². The molecule has 2 N–H and O–H groups in total. The van der Waals surface area contributed by atoms with Crippen LogP contribution < -0.4 is 10.0 Å². The SMILES string of the molecule is CC(=O)Nc1ccc(-c2csc(NS(=O)(=O)c3ccc(-c4ccccc4)cc3)n2)cc1. The molecule has 6 nitrogen and oxygen atoms in total. The Kier molecular flexibility index (Phi) is 5.83. The Labute approximate surface area is 184 Å². The fourth-order valence-electron chi connectivity index (χ4n) is 3.01. The van der Waals surface area contributed by atoms with Crippen LogP contribution in [-0.2, 0) is 14.8 Å². The molecule has 31 heavy (non-hydrogen) atoms. The lowest BCUT2D eigenvalue weighted by molar-refractivity contribution is -0.114. The van der Waals surface area contributed by atoms with Crippen molar-refractivity contribution in [3.8, 4) is 22.4 Å². The summed E-state index contributed by atoms with van der Waals surface area (Å²) in [5, 5.41) is 4.77. The summed E-state index contributed by atoms with van der Waals surface area (Å²) in [5.74, 6) is -0.144. The standard InChI is InChI=1S/C23H19N3O3S2/c1-16(27)24-20-11-7-19(8-12-20)22-15-30-23(25-22)26-31(28,29)21-13-9-18(10-14-21)17-5-3-2-4-6-17/h2-15H,1H3,(H,24,27)(H,25,26). The lowest BCUT2D eigenvalue weighted by atomic mass is 10.1. The molecule has 0 bridgehead atoms. The van der Waals surface area contributed by atoms with Gasteiger partial charge in [0, 0.05) is 23.6 Å². The molecule has 0 spiro atoms. The van der Waals surface area contributed by atoms with Gasteiger partial charge in [0.2, 0.25) is 5.91 Å². The van der Waals surface area contributed by atoms with Crippen molar-refractivity contribution in [2.75, 3.05) is 10.0 Å². The van der Waals surface area contributed by atoms with Crippen LogP contribution in [0.5, 0.6) is 0 Å². The molecular formula is C23H19N3O3S2. The van der Waals surface area contributed by atoms with Gasteiger partial charge in [0.15, 0.2) is 5.13 Å². The monoisotopic (exact) mass is 449 g/mol. The van der Waals surface area contributed by atoms with E-state index in [9.17, 15) is 13.2 Å². The number of nitrogens with one attached hydrogen (secondary N) is 2. The maximum atomic E-state index is 12.8. The molecule has 4 aromatic rings. The Balaban J connectivity index is 1.49. The van der Waals surface area contributed by atoms with Crippen molar-refractivity contribution in [2.45, 2.75) is 11.8 Å². The van der Waals surface area contributed by atoms with E-state index in [1.165, 1.54) is 18.3 Å². The molecule has 1 aromatic heterocycles. The van der Waals surface area contributed by atoms with Crippen LogP contribution in [0.4, 0.5) is 10.8 Å². The topological polar surface area (TPSA) is 88.2 Å². The summed E-state index contributed by atoms with van der Waals surface area (Å²) >= 11 is 1.21. The number of hydrogen-bond donors (Lipinski definition) is 2. The number of hydrogen-bond acceptors (Lipinski definition) is 5. The van der Waals surface area contributed by atoms with E-state index in [1.807, 2.05) is 42.5 Å². The van der Waals surface area contributed by atoms with E-state index in [-0.39, 0.29) is 15.9 Å². The van der Waals surface area contributed by atoms with Gasteiger partial charge in [-0.25, -0.2) is 13.4 Å². The largest absolute Gasteiger partial charge is 0.326 e. The molecule has 0 radical (unpaired) electrons. The average molecular weight is 450 g/mol. The average Bonchev–Trinajstić information content (AvgIpc) is 3.22. The van der Waals surface area contributed by atoms with Gasteiger partial charge in [-0.05, 0) is 35.4 Å². The highest BCUT2D eigenvalue weighted by atomic mass is 32.2. The van der Waals surface area contributed by atoms with E-state index < -0.39 is 10.0 Å². The van der Waals surface area contributed by atoms with Crippen molar-refractivity contribution >= 4 is 38.1 Å². The molecule has 0 unspecified atom stereocenters. The number of carbonyl (C=O) groups is 1. The molecule has 0 aliphatic rings. The van der Waals surface area contributed by atoms with Gasteiger partial charge in [0.25, 0.3) is 10.0 Å². The minimum atomic E-state index is -3.75. The van der Waals surface area contributed by atoms with E-state index in [2.05, 4.69) is 15.0 Å². The minimum absolute atomic E-state index is 0.144. The van der Waals surface area contributed by atoms with Gasteiger partial charge in [-0.2, -0.15) is 0 Å². The molecule has 0 aliphatic heterocycles. The Hall–Kier alpha value is -3.49. The Morgan fingerprint density at radius 2 is 1.45 bits per heavy atom. The number of thiazole rings is 1. The number of nitrogens with zero attached hydrogens (tertiary/aromatic N) is 1. The molecule has 0 saturated carbocycles. The van der Waals surface area contributed by atoms with Crippen LogP contribution in [0, 0.1) is 0 Å². The molecule has 8 heteroatoms. The summed E-state index contributed by atoms with van der Waals surface area (Å²) in [4.78, 5) is 15.7. The van der Waals surface area contributed by atoms with E-state index >= 15 is 0 Å². The first kappa shape index (κ1) is 20.8. The first-order valence-corrected chi connectivity index (χ1v) is 11.8. The van der Waals surface area contributed by atoms with Crippen molar-refractivity contribution in [2.24, 2.45) is 0 Å². The van der Waals surface area contributed by atoms with E-state index in [0.717, 1.165) is 16.7 Å². The zero-order valence-corrected chi connectivity index (χ0v) is 18.2. The zero-order chi connectivity index (χ0) is 21.8. The van der Waals surface area contributed by atoms with Crippen LogP contribution in [0.2, 0.25) is 0 Å². The molecule has 0 fully saturated rings. The third-order valence-corrected chi connectivity index (χ3v) is 6.74. The van der Waals surface area contributed by atoms with Crippen LogP contribution >= 0.6 is 11.3 Å². The second-order valence-corrected chi connectivity index (χ2v) is 9.33. The number of anilines is 2. The van der Waals surface area contributed by atoms with Crippen LogP contribution in [0.3, 0.4) is 0 Å². The van der Waals surface area contributed by atoms with Gasteiger partial charge in [0.1, 0.15) is 0 Å². The number of sulfonamides is 1. The third-order valence-electron chi connectivity index (χ3n) is 4.50. The van der Waals surface area contributed by atoms with Crippen molar-refractivity contribution < 1.29 is 13.2 Å². The number of benzene rings is 3. The third kappa shape index (κ3) is 4.99. The second kappa shape index (κ2) is 8.71. The maximum absolute atomic E-state index is 12.8. The maximum Gasteiger partial charge on any atom is 0.263 e. The fourth-order valence-corrected chi connectivity index (χ4v) is 4.98.